The summed E-state index contributed by atoms with van der Waals surface area (Å²) in [4.78, 5) is 34.2. The molecule has 3 aromatic rings. The third kappa shape index (κ3) is 12.4. The van der Waals surface area contributed by atoms with Crippen molar-refractivity contribution in [3.63, 3.8) is 0 Å². The molecular weight excluding hydrogens is 576 g/mol. The Morgan fingerprint density at radius 1 is 0.978 bits per heavy atom. The predicted molar refractivity (Wildman–Crippen MR) is 182 cm³/mol. The molecule has 0 spiro atoms. The van der Waals surface area contributed by atoms with Crippen LogP contribution in [0.1, 0.15) is 88.5 Å². The number of carbonyl (C=O) groups excluding carboxylic acids is 2. The van der Waals surface area contributed by atoms with Crippen molar-refractivity contribution >= 4 is 11.8 Å². The summed E-state index contributed by atoms with van der Waals surface area (Å²) in [5.74, 6) is 0.611. The highest BCUT2D eigenvalue weighted by molar-refractivity contribution is 5.88. The normalized spacial score (nSPS) is 16.4. The van der Waals surface area contributed by atoms with Crippen LogP contribution < -0.4 is 10.6 Å². The molecule has 0 aliphatic heterocycles. The minimum atomic E-state index is -0.792. The van der Waals surface area contributed by atoms with Crippen molar-refractivity contribution < 1.29 is 19.4 Å². The fraction of sp³-hybridized carbons (Fsp3) is 0.553. The summed E-state index contributed by atoms with van der Waals surface area (Å²) in [5.41, 5.74) is 2.92. The van der Waals surface area contributed by atoms with Crippen LogP contribution in [0.25, 0.3) is 0 Å². The Morgan fingerprint density at radius 2 is 1.67 bits per heavy atom. The van der Waals surface area contributed by atoms with Crippen LogP contribution in [0.5, 0.6) is 0 Å². The molecule has 0 radical (unpaired) electrons. The van der Waals surface area contributed by atoms with Gasteiger partial charge < -0.3 is 25.5 Å². The van der Waals surface area contributed by atoms with Gasteiger partial charge in [0.15, 0.2) is 0 Å². The monoisotopic (exact) mass is 630 g/mol. The number of aromatic nitrogens is 2. The van der Waals surface area contributed by atoms with E-state index in [1.54, 1.807) is 12.5 Å². The van der Waals surface area contributed by atoms with Crippen LogP contribution in [-0.4, -0.2) is 51.7 Å². The number of aliphatic hydroxyl groups excluding tert-OH is 1. The summed E-state index contributed by atoms with van der Waals surface area (Å²) >= 11 is 0. The van der Waals surface area contributed by atoms with Crippen LogP contribution >= 0.6 is 0 Å². The minimum absolute atomic E-state index is 0.181. The van der Waals surface area contributed by atoms with Crippen LogP contribution in [0.2, 0.25) is 0 Å². The molecule has 1 aliphatic rings. The van der Waals surface area contributed by atoms with Gasteiger partial charge in [0.05, 0.1) is 30.8 Å². The van der Waals surface area contributed by atoms with Gasteiger partial charge in [-0.25, -0.2) is 4.98 Å². The standard InChI is InChI=1S/C38H54N4O4/c1-28(2)32(20-21-46-26-31-16-10-5-11-17-31)23-36(43)34(22-30-14-8-4-9-15-30)42-38(45)35(24-33-25-39-27-40-33)41-37(44)19-18-29-12-6-3-7-13-29/h3,5-7,10-13,16-17,25,27-28,30,32,34-36,43H,4,8-9,14-15,18-24,26H2,1-2H3,(H,39,40)(H,41,44)(H,42,45)/t32-,34-,35-,36+/m0/s1. The lowest BCUT2D eigenvalue weighted by Gasteiger charge is -2.33. The number of aromatic amines is 1. The topological polar surface area (TPSA) is 116 Å². The highest BCUT2D eigenvalue weighted by Gasteiger charge is 2.31. The second-order valence-corrected chi connectivity index (χ2v) is 13.4. The van der Waals surface area contributed by atoms with E-state index >= 15 is 0 Å². The van der Waals surface area contributed by atoms with Gasteiger partial charge in [-0.15, -0.1) is 0 Å². The van der Waals surface area contributed by atoms with E-state index in [0.29, 0.717) is 43.6 Å². The van der Waals surface area contributed by atoms with E-state index in [0.717, 1.165) is 36.8 Å². The highest BCUT2D eigenvalue weighted by atomic mass is 16.5. The molecule has 2 amide bonds. The van der Waals surface area contributed by atoms with Crippen molar-refractivity contribution in [2.75, 3.05) is 6.61 Å². The summed E-state index contributed by atoms with van der Waals surface area (Å²) in [7, 11) is 0. The highest BCUT2D eigenvalue weighted by Crippen LogP contribution is 2.30. The lowest BCUT2D eigenvalue weighted by molar-refractivity contribution is -0.130. The zero-order chi connectivity index (χ0) is 32.6. The van der Waals surface area contributed by atoms with Gasteiger partial charge in [-0.1, -0.05) is 107 Å². The van der Waals surface area contributed by atoms with Gasteiger partial charge in [-0.3, -0.25) is 9.59 Å². The number of hydrogen-bond donors (Lipinski definition) is 4. The van der Waals surface area contributed by atoms with Crippen LogP contribution in [0.15, 0.2) is 73.2 Å². The number of nitrogens with zero attached hydrogens (tertiary/aromatic N) is 1. The number of H-pyrrole nitrogens is 1. The smallest absolute Gasteiger partial charge is 0.243 e. The van der Waals surface area contributed by atoms with Crippen molar-refractivity contribution in [1.29, 1.82) is 0 Å². The quantitative estimate of drug-likeness (QED) is 0.119. The van der Waals surface area contributed by atoms with Crippen molar-refractivity contribution in [2.24, 2.45) is 17.8 Å². The Labute approximate surface area is 275 Å². The maximum absolute atomic E-state index is 13.9. The molecule has 0 unspecified atom stereocenters. The number of rotatable bonds is 19. The lowest BCUT2D eigenvalue weighted by atomic mass is 9.80. The fourth-order valence-electron chi connectivity index (χ4n) is 6.56. The molecule has 8 nitrogen and oxygen atoms in total. The van der Waals surface area contributed by atoms with Gasteiger partial charge >= 0.3 is 0 Å². The molecule has 46 heavy (non-hydrogen) atoms. The molecule has 0 saturated heterocycles. The summed E-state index contributed by atoms with van der Waals surface area (Å²) in [5, 5.41) is 17.9. The number of hydrogen-bond acceptors (Lipinski definition) is 5. The second kappa shape index (κ2) is 19.2. The van der Waals surface area contributed by atoms with E-state index in [2.05, 4.69) is 46.6 Å². The first-order valence-electron chi connectivity index (χ1n) is 17.3. The van der Waals surface area contributed by atoms with Crippen molar-refractivity contribution in [1.82, 2.24) is 20.6 Å². The third-order valence-electron chi connectivity index (χ3n) is 9.44. The molecule has 8 heteroatoms. The van der Waals surface area contributed by atoms with Crippen LogP contribution in [0.3, 0.4) is 0 Å². The fourth-order valence-corrected chi connectivity index (χ4v) is 6.56. The summed E-state index contributed by atoms with van der Waals surface area (Å²) in [6.07, 6.45) is 11.8. The van der Waals surface area contributed by atoms with Gasteiger partial charge in [-0.05, 0) is 54.6 Å². The number of carbonyl (C=O) groups is 2. The number of imidazole rings is 1. The third-order valence-corrected chi connectivity index (χ3v) is 9.44. The van der Waals surface area contributed by atoms with Gasteiger partial charge in [0.25, 0.3) is 0 Å². The van der Waals surface area contributed by atoms with Crippen LogP contribution in [-0.2, 0) is 33.8 Å². The Bertz CT molecular complexity index is 1260. The van der Waals surface area contributed by atoms with Crippen molar-refractivity contribution in [2.45, 2.75) is 109 Å². The molecule has 1 heterocycles. The summed E-state index contributed by atoms with van der Waals surface area (Å²) in [6.45, 7) is 5.57. The molecule has 250 valence electrons. The second-order valence-electron chi connectivity index (χ2n) is 13.4. The van der Waals surface area contributed by atoms with E-state index in [1.165, 1.54) is 19.3 Å². The van der Waals surface area contributed by atoms with E-state index in [4.69, 9.17) is 4.74 Å². The molecular formula is C38H54N4O4. The predicted octanol–water partition coefficient (Wildman–Crippen LogP) is 6.16. The zero-order valence-corrected chi connectivity index (χ0v) is 27.7. The molecule has 1 aromatic heterocycles. The van der Waals surface area contributed by atoms with Gasteiger partial charge in [0.2, 0.25) is 11.8 Å². The van der Waals surface area contributed by atoms with Crippen LogP contribution in [0, 0.1) is 17.8 Å². The molecule has 1 saturated carbocycles. The number of ether oxygens (including phenoxy) is 1. The van der Waals surface area contributed by atoms with Crippen molar-refractivity contribution in [3.8, 4) is 0 Å². The first-order chi connectivity index (χ1) is 22.4. The SMILES string of the molecule is CC(C)[C@@H](CCOCc1ccccc1)C[C@@H](O)[C@H](CC1CCCCC1)NC(=O)[C@H](Cc1c[nH]cn1)NC(=O)CCc1ccccc1. The zero-order valence-electron chi connectivity index (χ0n) is 27.7. The molecule has 0 bridgehead atoms. The Hall–Kier alpha value is -3.49. The van der Waals surface area contributed by atoms with E-state index in [1.807, 2.05) is 48.5 Å². The maximum Gasteiger partial charge on any atom is 0.243 e. The number of benzene rings is 2. The maximum atomic E-state index is 13.9. The molecule has 4 N–H and O–H groups in total. The summed E-state index contributed by atoms with van der Waals surface area (Å²) in [6, 6.07) is 18.8. The average Bonchev–Trinajstić information content (AvgIpc) is 3.59. The van der Waals surface area contributed by atoms with E-state index < -0.39 is 18.2 Å². The summed E-state index contributed by atoms with van der Waals surface area (Å²) < 4.78 is 5.99. The number of aliphatic hydroxyl groups is 1. The Morgan fingerprint density at radius 3 is 2.33 bits per heavy atom. The number of nitrogens with one attached hydrogen (secondary N) is 3. The first-order valence-corrected chi connectivity index (χ1v) is 17.3. The van der Waals surface area contributed by atoms with E-state index in [-0.39, 0.29) is 30.6 Å². The van der Waals surface area contributed by atoms with Gasteiger partial charge in [0, 0.05) is 25.6 Å². The van der Waals surface area contributed by atoms with Gasteiger partial charge in [-0.2, -0.15) is 0 Å². The van der Waals surface area contributed by atoms with Gasteiger partial charge in [0.1, 0.15) is 6.04 Å². The Balaban J connectivity index is 1.40. The first kappa shape index (κ1) is 35.4. The largest absolute Gasteiger partial charge is 0.391 e. The molecule has 4 atom stereocenters. The van der Waals surface area contributed by atoms with Crippen LogP contribution in [0.4, 0.5) is 0 Å². The molecule has 1 aliphatic carbocycles. The van der Waals surface area contributed by atoms with Crippen molar-refractivity contribution in [3.05, 3.63) is 90.0 Å². The molecule has 2 aromatic carbocycles. The van der Waals surface area contributed by atoms with E-state index in [9.17, 15) is 14.7 Å². The molecule has 1 fully saturated rings. The Kier molecular flexibility index (Phi) is 14.8. The lowest BCUT2D eigenvalue weighted by Crippen LogP contribution is -2.54. The average molecular weight is 631 g/mol. The minimum Gasteiger partial charge on any atom is -0.391 e. The number of amides is 2. The number of aryl methyl sites for hydroxylation is 1. The molecule has 4 rings (SSSR count).